The van der Waals surface area contributed by atoms with Crippen LogP contribution in [0.5, 0.6) is 5.88 Å². The lowest BCUT2D eigenvalue weighted by Crippen LogP contribution is -2.05. The van der Waals surface area contributed by atoms with Crippen LogP contribution in [-0.2, 0) is 6.54 Å². The highest BCUT2D eigenvalue weighted by atomic mass is 79.9. The predicted molar refractivity (Wildman–Crippen MR) is 77.8 cm³/mol. The van der Waals surface area contributed by atoms with Crippen LogP contribution in [0.1, 0.15) is 5.56 Å². The van der Waals surface area contributed by atoms with Crippen molar-refractivity contribution in [2.45, 2.75) is 6.54 Å². The molecule has 2 rings (SSSR count). The third-order valence-electron chi connectivity index (χ3n) is 2.30. The fourth-order valence-electron chi connectivity index (χ4n) is 1.40. The summed E-state index contributed by atoms with van der Waals surface area (Å²) in [5.41, 5.74) is 1.14. The molecular formula is C12H11Br2N3O. The van der Waals surface area contributed by atoms with Gasteiger partial charge in [-0.25, -0.2) is 4.98 Å². The molecule has 0 unspecified atom stereocenters. The van der Waals surface area contributed by atoms with E-state index in [2.05, 4.69) is 47.1 Å². The lowest BCUT2D eigenvalue weighted by atomic mass is 10.2. The second-order valence-electron chi connectivity index (χ2n) is 3.50. The first-order valence-electron chi connectivity index (χ1n) is 5.24. The minimum Gasteiger partial charge on any atom is -0.480 e. The summed E-state index contributed by atoms with van der Waals surface area (Å²) in [6, 6.07) is 8.00. The molecule has 0 aliphatic rings. The van der Waals surface area contributed by atoms with Gasteiger partial charge in [0.2, 0.25) is 11.8 Å². The summed E-state index contributed by atoms with van der Waals surface area (Å²) in [5.74, 6) is 1.05. The fraction of sp³-hybridized carbons (Fsp3) is 0.167. The lowest BCUT2D eigenvalue weighted by Gasteiger charge is -2.08. The summed E-state index contributed by atoms with van der Waals surface area (Å²) < 4.78 is 6.90. The minimum atomic E-state index is 0.514. The van der Waals surface area contributed by atoms with Gasteiger partial charge in [-0.15, -0.1) is 0 Å². The van der Waals surface area contributed by atoms with Crippen LogP contribution in [0.4, 0.5) is 5.95 Å². The Balaban J connectivity index is 2.09. The number of aromatic nitrogens is 2. The lowest BCUT2D eigenvalue weighted by molar-refractivity contribution is 0.394. The largest absolute Gasteiger partial charge is 0.480 e. The van der Waals surface area contributed by atoms with Gasteiger partial charge in [0.1, 0.15) is 0 Å². The second kappa shape index (κ2) is 6.15. The van der Waals surface area contributed by atoms with E-state index in [0.717, 1.165) is 14.5 Å². The van der Waals surface area contributed by atoms with Crippen molar-refractivity contribution in [3.63, 3.8) is 0 Å². The first-order valence-corrected chi connectivity index (χ1v) is 6.83. The van der Waals surface area contributed by atoms with E-state index in [9.17, 15) is 0 Å². The Hall–Kier alpha value is -1.14. The standard InChI is InChI=1S/C12H11Br2N3O/c1-18-11-10(14)7-16-12(17-11)15-6-8-4-2-3-5-9(8)13/h2-5,7H,6H2,1H3,(H,15,16,17). The first-order chi connectivity index (χ1) is 8.70. The average Bonchev–Trinajstić information content (AvgIpc) is 2.39. The van der Waals surface area contributed by atoms with E-state index in [-0.39, 0.29) is 0 Å². The van der Waals surface area contributed by atoms with Gasteiger partial charge in [0, 0.05) is 11.0 Å². The maximum Gasteiger partial charge on any atom is 0.232 e. The van der Waals surface area contributed by atoms with Gasteiger partial charge in [-0.05, 0) is 27.6 Å². The molecule has 0 radical (unpaired) electrons. The van der Waals surface area contributed by atoms with Gasteiger partial charge in [-0.2, -0.15) is 4.98 Å². The highest BCUT2D eigenvalue weighted by Gasteiger charge is 2.05. The number of hydrogen-bond acceptors (Lipinski definition) is 4. The zero-order chi connectivity index (χ0) is 13.0. The number of hydrogen-bond donors (Lipinski definition) is 1. The average molecular weight is 373 g/mol. The SMILES string of the molecule is COc1nc(NCc2ccccc2Br)ncc1Br. The summed E-state index contributed by atoms with van der Waals surface area (Å²) in [7, 11) is 1.57. The van der Waals surface area contributed by atoms with Crippen molar-refractivity contribution < 1.29 is 4.74 Å². The Morgan fingerprint density at radius 1 is 1.22 bits per heavy atom. The van der Waals surface area contributed by atoms with Crippen molar-refractivity contribution in [3.8, 4) is 5.88 Å². The van der Waals surface area contributed by atoms with E-state index in [4.69, 9.17) is 4.74 Å². The van der Waals surface area contributed by atoms with Crippen LogP contribution in [0.2, 0.25) is 0 Å². The van der Waals surface area contributed by atoms with Crippen molar-refractivity contribution in [1.82, 2.24) is 9.97 Å². The molecular weight excluding hydrogens is 362 g/mol. The molecule has 0 saturated carbocycles. The third kappa shape index (κ3) is 3.20. The predicted octanol–water partition coefficient (Wildman–Crippen LogP) is 3.62. The smallest absolute Gasteiger partial charge is 0.232 e. The van der Waals surface area contributed by atoms with Crippen LogP contribution in [0.15, 0.2) is 39.4 Å². The van der Waals surface area contributed by atoms with Crippen molar-refractivity contribution in [2.24, 2.45) is 0 Å². The number of benzene rings is 1. The van der Waals surface area contributed by atoms with E-state index < -0.39 is 0 Å². The maximum atomic E-state index is 5.11. The van der Waals surface area contributed by atoms with Crippen LogP contribution in [-0.4, -0.2) is 17.1 Å². The molecule has 4 nitrogen and oxygen atoms in total. The highest BCUT2D eigenvalue weighted by Crippen LogP contribution is 2.22. The number of rotatable bonds is 4. The zero-order valence-corrected chi connectivity index (χ0v) is 12.8. The number of nitrogens with one attached hydrogen (secondary N) is 1. The molecule has 1 aromatic heterocycles. The van der Waals surface area contributed by atoms with E-state index in [1.54, 1.807) is 13.3 Å². The van der Waals surface area contributed by atoms with Crippen molar-refractivity contribution >= 4 is 37.8 Å². The Kier molecular flexibility index (Phi) is 4.54. The molecule has 0 fully saturated rings. The van der Waals surface area contributed by atoms with E-state index in [1.165, 1.54) is 0 Å². The molecule has 0 saturated heterocycles. The molecule has 0 amide bonds. The van der Waals surface area contributed by atoms with Crippen molar-refractivity contribution in [1.29, 1.82) is 0 Å². The molecule has 1 aromatic carbocycles. The molecule has 2 aromatic rings. The van der Waals surface area contributed by atoms with Gasteiger partial charge >= 0.3 is 0 Å². The number of anilines is 1. The van der Waals surface area contributed by atoms with Gasteiger partial charge in [-0.3, -0.25) is 0 Å². The molecule has 18 heavy (non-hydrogen) atoms. The summed E-state index contributed by atoms with van der Waals surface area (Å²) in [6.45, 7) is 0.645. The van der Waals surface area contributed by atoms with E-state index in [1.807, 2.05) is 24.3 Å². The van der Waals surface area contributed by atoms with Crippen molar-refractivity contribution in [3.05, 3.63) is 45.0 Å². The molecule has 1 heterocycles. The van der Waals surface area contributed by atoms with Crippen LogP contribution in [0.3, 0.4) is 0 Å². The van der Waals surface area contributed by atoms with E-state index in [0.29, 0.717) is 18.4 Å². The number of halogens is 2. The summed E-state index contributed by atoms with van der Waals surface area (Å²) in [4.78, 5) is 8.40. The maximum absolute atomic E-state index is 5.11. The van der Waals surface area contributed by atoms with Gasteiger partial charge in [-0.1, -0.05) is 34.1 Å². The number of ether oxygens (including phenoxy) is 1. The van der Waals surface area contributed by atoms with Crippen LogP contribution < -0.4 is 10.1 Å². The van der Waals surface area contributed by atoms with Crippen LogP contribution in [0, 0.1) is 0 Å². The third-order valence-corrected chi connectivity index (χ3v) is 3.62. The normalized spacial score (nSPS) is 10.2. The molecule has 0 aliphatic carbocycles. The summed E-state index contributed by atoms with van der Waals surface area (Å²) in [5, 5.41) is 3.15. The van der Waals surface area contributed by atoms with Crippen LogP contribution >= 0.6 is 31.9 Å². The molecule has 1 N–H and O–H groups in total. The molecule has 0 spiro atoms. The molecule has 6 heteroatoms. The van der Waals surface area contributed by atoms with Crippen LogP contribution in [0.25, 0.3) is 0 Å². The quantitative estimate of drug-likeness (QED) is 0.890. The molecule has 0 aliphatic heterocycles. The van der Waals surface area contributed by atoms with Crippen molar-refractivity contribution in [2.75, 3.05) is 12.4 Å². The Bertz CT molecular complexity index is 549. The van der Waals surface area contributed by atoms with E-state index >= 15 is 0 Å². The topological polar surface area (TPSA) is 47.0 Å². The van der Waals surface area contributed by atoms with Gasteiger partial charge < -0.3 is 10.1 Å². The van der Waals surface area contributed by atoms with Gasteiger partial charge in [0.15, 0.2) is 0 Å². The zero-order valence-electron chi connectivity index (χ0n) is 9.65. The molecule has 94 valence electrons. The summed E-state index contributed by atoms with van der Waals surface area (Å²) >= 11 is 6.81. The highest BCUT2D eigenvalue weighted by molar-refractivity contribution is 9.10. The van der Waals surface area contributed by atoms with Gasteiger partial charge in [0.05, 0.1) is 17.8 Å². The monoisotopic (exact) mass is 371 g/mol. The number of nitrogens with zero attached hydrogens (tertiary/aromatic N) is 2. The Morgan fingerprint density at radius 3 is 2.72 bits per heavy atom. The molecule has 0 bridgehead atoms. The Morgan fingerprint density at radius 2 is 2.00 bits per heavy atom. The first kappa shape index (κ1) is 13.3. The fourth-order valence-corrected chi connectivity index (χ4v) is 2.17. The summed E-state index contributed by atoms with van der Waals surface area (Å²) in [6.07, 6.45) is 1.66. The number of methoxy groups -OCH3 is 1. The Labute approximate surface area is 122 Å². The second-order valence-corrected chi connectivity index (χ2v) is 5.20. The minimum absolute atomic E-state index is 0.514. The molecule has 0 atom stereocenters. The van der Waals surface area contributed by atoms with Gasteiger partial charge in [0.25, 0.3) is 0 Å².